The number of hydrogen-bond donors (Lipinski definition) is 1. The molecule has 0 spiro atoms. The van der Waals surface area contributed by atoms with Crippen LogP contribution in [0, 0.1) is 20.8 Å². The molecule has 1 N–H and O–H groups in total. The number of aryl methyl sites for hydroxylation is 3. The van der Waals surface area contributed by atoms with Crippen molar-refractivity contribution in [1.82, 2.24) is 4.98 Å². The molecule has 5 nitrogen and oxygen atoms in total. The van der Waals surface area contributed by atoms with Crippen LogP contribution in [-0.4, -0.2) is 18.1 Å². The third-order valence-electron chi connectivity index (χ3n) is 2.64. The number of ether oxygens (including phenoxy) is 1. The zero-order chi connectivity index (χ0) is 14.0. The molecule has 0 aliphatic carbocycles. The van der Waals surface area contributed by atoms with Crippen molar-refractivity contribution in [2.24, 2.45) is 0 Å². The van der Waals surface area contributed by atoms with Gasteiger partial charge in [0, 0.05) is 5.69 Å². The van der Waals surface area contributed by atoms with Crippen molar-refractivity contribution in [2.45, 2.75) is 20.8 Å². The molecule has 0 aliphatic rings. The molecule has 0 radical (unpaired) electrons. The lowest BCUT2D eigenvalue weighted by atomic mass is 10.1. The highest BCUT2D eigenvalue weighted by Crippen LogP contribution is 2.21. The summed E-state index contributed by atoms with van der Waals surface area (Å²) in [4.78, 5) is 15.6. The minimum Gasteiger partial charge on any atom is -0.463 e. The van der Waals surface area contributed by atoms with Gasteiger partial charge in [0.2, 0.25) is 5.76 Å². The quantitative estimate of drug-likeness (QED) is 0.859. The van der Waals surface area contributed by atoms with E-state index < -0.39 is 5.97 Å². The fourth-order valence-electron chi connectivity index (χ4n) is 1.90. The van der Waals surface area contributed by atoms with Gasteiger partial charge in [0.15, 0.2) is 0 Å². The van der Waals surface area contributed by atoms with Crippen molar-refractivity contribution < 1.29 is 13.9 Å². The highest BCUT2D eigenvalue weighted by Gasteiger charge is 2.17. The lowest BCUT2D eigenvalue weighted by Gasteiger charge is -2.04. The second-order valence-electron chi connectivity index (χ2n) is 4.43. The van der Waals surface area contributed by atoms with Gasteiger partial charge in [-0.25, -0.2) is 4.79 Å². The van der Waals surface area contributed by atoms with Crippen LogP contribution in [-0.2, 0) is 4.74 Å². The minimum atomic E-state index is -0.529. The van der Waals surface area contributed by atoms with Crippen LogP contribution in [0.3, 0.4) is 0 Å². The molecule has 0 bridgehead atoms. The molecule has 19 heavy (non-hydrogen) atoms. The van der Waals surface area contributed by atoms with E-state index in [1.807, 2.05) is 26.0 Å². The second-order valence-corrected chi connectivity index (χ2v) is 4.43. The Balaban J connectivity index is 2.26. The van der Waals surface area contributed by atoms with Gasteiger partial charge >= 0.3 is 5.97 Å². The largest absolute Gasteiger partial charge is 0.463 e. The van der Waals surface area contributed by atoms with E-state index in [4.69, 9.17) is 4.42 Å². The number of oxazole rings is 1. The van der Waals surface area contributed by atoms with Crippen molar-refractivity contribution in [1.29, 1.82) is 0 Å². The molecular formula is C14H16N2O3. The fourth-order valence-corrected chi connectivity index (χ4v) is 1.90. The molecule has 0 unspecified atom stereocenters. The molecule has 5 heteroatoms. The van der Waals surface area contributed by atoms with E-state index in [1.54, 1.807) is 6.92 Å². The van der Waals surface area contributed by atoms with Crippen LogP contribution in [0.2, 0.25) is 0 Å². The molecular weight excluding hydrogens is 244 g/mol. The van der Waals surface area contributed by atoms with Crippen LogP contribution in [0.4, 0.5) is 11.7 Å². The van der Waals surface area contributed by atoms with Crippen LogP contribution >= 0.6 is 0 Å². The zero-order valence-electron chi connectivity index (χ0n) is 11.4. The Morgan fingerprint density at radius 1 is 1.21 bits per heavy atom. The number of benzene rings is 1. The van der Waals surface area contributed by atoms with Crippen LogP contribution in [0.15, 0.2) is 22.6 Å². The van der Waals surface area contributed by atoms with Gasteiger partial charge in [-0.1, -0.05) is 6.07 Å². The van der Waals surface area contributed by atoms with E-state index in [9.17, 15) is 4.79 Å². The van der Waals surface area contributed by atoms with Crippen molar-refractivity contribution in [3.63, 3.8) is 0 Å². The number of nitrogens with one attached hydrogen (secondary N) is 1. The number of carbonyl (C=O) groups excluding carboxylic acids is 1. The fraction of sp³-hybridized carbons (Fsp3) is 0.286. The number of carbonyl (C=O) groups is 1. The van der Waals surface area contributed by atoms with Crippen molar-refractivity contribution in [3.05, 3.63) is 40.8 Å². The lowest BCUT2D eigenvalue weighted by molar-refractivity contribution is 0.0565. The molecule has 0 saturated heterocycles. The predicted molar refractivity (Wildman–Crippen MR) is 71.8 cm³/mol. The summed E-state index contributed by atoms with van der Waals surface area (Å²) in [7, 11) is 1.31. The number of aromatic nitrogens is 1. The lowest BCUT2D eigenvalue weighted by Crippen LogP contribution is -2.00. The van der Waals surface area contributed by atoms with Crippen LogP contribution in [0.25, 0.3) is 0 Å². The normalized spacial score (nSPS) is 10.3. The summed E-state index contributed by atoms with van der Waals surface area (Å²) in [5.74, 6) is -0.409. The molecule has 0 saturated carbocycles. The average Bonchev–Trinajstić information content (AvgIpc) is 2.68. The van der Waals surface area contributed by atoms with E-state index in [0.717, 1.165) is 16.8 Å². The summed E-state index contributed by atoms with van der Waals surface area (Å²) in [6.07, 6.45) is 0. The molecule has 1 aromatic carbocycles. The number of methoxy groups -OCH3 is 1. The van der Waals surface area contributed by atoms with E-state index >= 15 is 0 Å². The molecule has 2 aromatic rings. The SMILES string of the molecule is COC(=O)c1oc(Nc2cc(C)cc(C)c2)nc1C. The first-order chi connectivity index (χ1) is 8.99. The van der Waals surface area contributed by atoms with Gasteiger partial charge in [0.1, 0.15) is 0 Å². The summed E-state index contributed by atoms with van der Waals surface area (Å²) in [6.45, 7) is 5.72. The number of rotatable bonds is 3. The summed E-state index contributed by atoms with van der Waals surface area (Å²) in [5.41, 5.74) is 3.65. The second kappa shape index (κ2) is 5.14. The van der Waals surface area contributed by atoms with E-state index in [0.29, 0.717) is 5.69 Å². The Morgan fingerprint density at radius 3 is 2.42 bits per heavy atom. The Morgan fingerprint density at radius 2 is 1.84 bits per heavy atom. The standard InChI is InChI=1S/C14H16N2O3/c1-8-5-9(2)7-11(6-8)16-14-15-10(3)12(19-14)13(17)18-4/h5-7H,1-4H3,(H,15,16). The van der Waals surface area contributed by atoms with Gasteiger partial charge in [-0.2, -0.15) is 4.98 Å². The van der Waals surface area contributed by atoms with Crippen molar-refractivity contribution >= 4 is 17.7 Å². The molecule has 0 fully saturated rings. The first kappa shape index (κ1) is 13.1. The zero-order valence-corrected chi connectivity index (χ0v) is 11.4. The van der Waals surface area contributed by atoms with Crippen molar-refractivity contribution in [3.8, 4) is 0 Å². The molecule has 2 rings (SSSR count). The average molecular weight is 260 g/mol. The van der Waals surface area contributed by atoms with E-state index in [2.05, 4.69) is 21.1 Å². The number of nitrogens with zero attached hydrogens (tertiary/aromatic N) is 1. The molecule has 1 aromatic heterocycles. The summed E-state index contributed by atoms with van der Waals surface area (Å²) >= 11 is 0. The predicted octanol–water partition coefficient (Wildman–Crippen LogP) is 3.13. The maximum Gasteiger partial charge on any atom is 0.376 e. The first-order valence-electron chi connectivity index (χ1n) is 5.90. The highest BCUT2D eigenvalue weighted by atomic mass is 16.5. The Bertz CT molecular complexity index is 597. The molecule has 100 valence electrons. The van der Waals surface area contributed by atoms with E-state index in [1.165, 1.54) is 7.11 Å². The number of esters is 1. The van der Waals surface area contributed by atoms with Gasteiger partial charge in [-0.3, -0.25) is 0 Å². The van der Waals surface area contributed by atoms with Gasteiger partial charge in [0.05, 0.1) is 12.8 Å². The smallest absolute Gasteiger partial charge is 0.376 e. The third kappa shape index (κ3) is 2.93. The monoisotopic (exact) mass is 260 g/mol. The summed E-state index contributed by atoms with van der Waals surface area (Å²) in [5, 5.41) is 3.04. The number of hydrogen-bond acceptors (Lipinski definition) is 5. The number of anilines is 2. The maximum atomic E-state index is 11.4. The third-order valence-corrected chi connectivity index (χ3v) is 2.64. The molecule has 0 atom stereocenters. The van der Waals surface area contributed by atoms with E-state index in [-0.39, 0.29) is 11.8 Å². The minimum absolute atomic E-state index is 0.120. The first-order valence-corrected chi connectivity index (χ1v) is 5.90. The molecule has 0 amide bonds. The van der Waals surface area contributed by atoms with Gasteiger partial charge in [-0.15, -0.1) is 0 Å². The van der Waals surface area contributed by atoms with Gasteiger partial charge in [-0.05, 0) is 44.0 Å². The molecule has 0 aliphatic heterocycles. The summed E-state index contributed by atoms with van der Waals surface area (Å²) < 4.78 is 9.97. The van der Waals surface area contributed by atoms with Crippen molar-refractivity contribution in [2.75, 3.05) is 12.4 Å². The van der Waals surface area contributed by atoms with Gasteiger partial charge in [0.25, 0.3) is 6.01 Å². The van der Waals surface area contributed by atoms with Gasteiger partial charge < -0.3 is 14.5 Å². The Hall–Kier alpha value is -2.30. The highest BCUT2D eigenvalue weighted by molar-refractivity contribution is 5.87. The van der Waals surface area contributed by atoms with Crippen LogP contribution in [0.1, 0.15) is 27.4 Å². The summed E-state index contributed by atoms with van der Waals surface area (Å²) in [6, 6.07) is 6.31. The maximum absolute atomic E-state index is 11.4. The van der Waals surface area contributed by atoms with Crippen LogP contribution < -0.4 is 5.32 Å². The Kier molecular flexibility index (Phi) is 3.55. The Labute approximate surface area is 111 Å². The topological polar surface area (TPSA) is 64.4 Å². The molecule has 1 heterocycles. The van der Waals surface area contributed by atoms with Crippen LogP contribution in [0.5, 0.6) is 0 Å².